The molecule has 3 aromatic rings. The highest BCUT2D eigenvalue weighted by Crippen LogP contribution is 2.25. The van der Waals surface area contributed by atoms with Gasteiger partial charge in [-0.1, -0.05) is 19.1 Å². The van der Waals surface area contributed by atoms with Gasteiger partial charge >= 0.3 is 5.97 Å². The van der Waals surface area contributed by atoms with E-state index < -0.39 is 5.97 Å². The summed E-state index contributed by atoms with van der Waals surface area (Å²) in [4.78, 5) is 15.6. The number of aromatic nitrogens is 2. The lowest BCUT2D eigenvalue weighted by Gasteiger charge is -2.09. The fraction of sp³-hybridized carbons (Fsp3) is 0.176. The maximum absolute atomic E-state index is 14.2. The fourth-order valence-corrected chi connectivity index (χ4v) is 2.56. The van der Waals surface area contributed by atoms with E-state index in [1.165, 1.54) is 18.2 Å². The smallest absolute Gasteiger partial charge is 0.335 e. The van der Waals surface area contributed by atoms with Crippen molar-refractivity contribution in [2.45, 2.75) is 19.8 Å². The number of imidazole rings is 1. The summed E-state index contributed by atoms with van der Waals surface area (Å²) >= 11 is 0. The molecule has 0 bridgehead atoms. The fourth-order valence-electron chi connectivity index (χ4n) is 2.56. The molecule has 0 atom stereocenters. The molecule has 0 radical (unpaired) electrons. The minimum atomic E-state index is -1.00. The summed E-state index contributed by atoms with van der Waals surface area (Å²) in [6, 6.07) is 11.2. The van der Waals surface area contributed by atoms with Crippen molar-refractivity contribution >= 4 is 17.0 Å². The van der Waals surface area contributed by atoms with Gasteiger partial charge in [0, 0.05) is 6.42 Å². The van der Waals surface area contributed by atoms with E-state index in [-0.39, 0.29) is 11.4 Å². The van der Waals surface area contributed by atoms with Crippen LogP contribution in [0.15, 0.2) is 42.5 Å². The Kier molecular flexibility index (Phi) is 3.63. The number of aryl methyl sites for hydroxylation is 1. The molecule has 0 unspecified atom stereocenters. The molecule has 0 fully saturated rings. The molecule has 0 aliphatic rings. The maximum Gasteiger partial charge on any atom is 0.335 e. The predicted molar refractivity (Wildman–Crippen MR) is 82.0 cm³/mol. The zero-order valence-corrected chi connectivity index (χ0v) is 12.1. The number of halogens is 1. The van der Waals surface area contributed by atoms with Crippen molar-refractivity contribution in [3.63, 3.8) is 0 Å². The first-order valence-electron chi connectivity index (χ1n) is 7.11. The SMILES string of the molecule is CCCc1nc2cc(C(=O)O)ccc2n1-c1ccccc1F. The van der Waals surface area contributed by atoms with Crippen LogP contribution in [0.4, 0.5) is 4.39 Å². The Bertz CT molecular complexity index is 855. The predicted octanol–water partition coefficient (Wildman–Crippen LogP) is 3.82. The number of benzene rings is 2. The molecule has 0 aliphatic heterocycles. The molecule has 5 heteroatoms. The Hall–Kier alpha value is -2.69. The van der Waals surface area contributed by atoms with Gasteiger partial charge in [-0.25, -0.2) is 14.2 Å². The number of aromatic carboxylic acids is 1. The van der Waals surface area contributed by atoms with Crippen LogP contribution in [-0.4, -0.2) is 20.6 Å². The topological polar surface area (TPSA) is 55.1 Å². The summed E-state index contributed by atoms with van der Waals surface area (Å²) < 4.78 is 15.9. The number of carboxylic acids is 1. The third kappa shape index (κ3) is 2.35. The molecule has 1 heterocycles. The standard InChI is InChI=1S/C17H15FN2O2/c1-2-5-16-19-13-10-11(17(21)22)8-9-15(13)20(16)14-7-4-3-6-12(14)18/h3-4,6-10H,2,5H2,1H3,(H,21,22). The Labute approximate surface area is 126 Å². The first kappa shape index (κ1) is 14.3. The van der Waals surface area contributed by atoms with Crippen LogP contribution in [0.25, 0.3) is 16.7 Å². The summed E-state index contributed by atoms with van der Waals surface area (Å²) in [5.74, 6) is -0.606. The Morgan fingerprint density at radius 1 is 1.27 bits per heavy atom. The Morgan fingerprint density at radius 2 is 2.05 bits per heavy atom. The molecule has 112 valence electrons. The molecule has 0 saturated heterocycles. The molecular formula is C17H15FN2O2. The van der Waals surface area contributed by atoms with E-state index >= 15 is 0 Å². The molecule has 3 rings (SSSR count). The van der Waals surface area contributed by atoms with Crippen molar-refractivity contribution in [3.05, 3.63) is 59.7 Å². The monoisotopic (exact) mass is 298 g/mol. The lowest BCUT2D eigenvalue weighted by Crippen LogP contribution is -2.03. The van der Waals surface area contributed by atoms with Crippen molar-refractivity contribution in [2.24, 2.45) is 0 Å². The van der Waals surface area contributed by atoms with Gasteiger partial charge in [0.2, 0.25) is 0 Å². The summed E-state index contributed by atoms with van der Waals surface area (Å²) in [6.07, 6.45) is 1.55. The Morgan fingerprint density at radius 3 is 2.73 bits per heavy atom. The number of rotatable bonds is 4. The molecule has 2 aromatic carbocycles. The molecule has 22 heavy (non-hydrogen) atoms. The number of nitrogens with zero attached hydrogens (tertiary/aromatic N) is 2. The van der Waals surface area contributed by atoms with Crippen LogP contribution in [-0.2, 0) is 6.42 Å². The largest absolute Gasteiger partial charge is 0.478 e. The normalized spacial score (nSPS) is 11.0. The van der Waals surface area contributed by atoms with Crippen LogP contribution in [0.1, 0.15) is 29.5 Å². The van der Waals surface area contributed by atoms with Gasteiger partial charge in [-0.2, -0.15) is 0 Å². The van der Waals surface area contributed by atoms with Gasteiger partial charge < -0.3 is 5.11 Å². The van der Waals surface area contributed by atoms with Gasteiger partial charge in [0.25, 0.3) is 0 Å². The second-order valence-electron chi connectivity index (χ2n) is 5.07. The average molecular weight is 298 g/mol. The molecule has 1 aromatic heterocycles. The van der Waals surface area contributed by atoms with Crippen molar-refractivity contribution < 1.29 is 14.3 Å². The molecule has 4 nitrogen and oxygen atoms in total. The van der Waals surface area contributed by atoms with E-state index in [0.29, 0.717) is 23.1 Å². The van der Waals surface area contributed by atoms with E-state index in [0.717, 1.165) is 12.2 Å². The highest BCUT2D eigenvalue weighted by molar-refractivity contribution is 5.92. The lowest BCUT2D eigenvalue weighted by atomic mass is 10.2. The molecular weight excluding hydrogens is 283 g/mol. The summed E-state index contributed by atoms with van der Waals surface area (Å²) in [5, 5.41) is 9.09. The van der Waals surface area contributed by atoms with E-state index in [9.17, 15) is 9.18 Å². The summed E-state index contributed by atoms with van der Waals surface area (Å²) in [6.45, 7) is 2.02. The average Bonchev–Trinajstić information content (AvgIpc) is 2.85. The number of para-hydroxylation sites is 1. The van der Waals surface area contributed by atoms with Crippen LogP contribution >= 0.6 is 0 Å². The van der Waals surface area contributed by atoms with Crippen molar-refractivity contribution in [3.8, 4) is 5.69 Å². The van der Waals surface area contributed by atoms with Crippen molar-refractivity contribution in [1.82, 2.24) is 9.55 Å². The zero-order chi connectivity index (χ0) is 15.7. The number of carbonyl (C=O) groups is 1. The van der Waals surface area contributed by atoms with Crippen LogP contribution in [0.3, 0.4) is 0 Å². The van der Waals surface area contributed by atoms with Gasteiger partial charge in [0.05, 0.1) is 22.3 Å². The number of hydrogen-bond acceptors (Lipinski definition) is 2. The molecule has 0 spiro atoms. The molecule has 1 N–H and O–H groups in total. The second kappa shape index (κ2) is 5.60. The van der Waals surface area contributed by atoms with Gasteiger partial charge in [0.15, 0.2) is 0 Å². The summed E-state index contributed by atoms with van der Waals surface area (Å²) in [7, 11) is 0. The second-order valence-corrected chi connectivity index (χ2v) is 5.07. The molecule has 0 aliphatic carbocycles. The highest BCUT2D eigenvalue weighted by atomic mass is 19.1. The van der Waals surface area contributed by atoms with Crippen LogP contribution < -0.4 is 0 Å². The first-order valence-corrected chi connectivity index (χ1v) is 7.11. The number of hydrogen-bond donors (Lipinski definition) is 1. The van der Waals surface area contributed by atoms with Gasteiger partial charge in [-0.3, -0.25) is 4.57 Å². The van der Waals surface area contributed by atoms with Gasteiger partial charge in [-0.05, 0) is 36.8 Å². The third-order valence-corrected chi connectivity index (χ3v) is 3.54. The number of carboxylic acid groups (broad SMARTS) is 1. The van der Waals surface area contributed by atoms with E-state index in [1.807, 2.05) is 6.92 Å². The summed E-state index contributed by atoms with van der Waals surface area (Å²) in [5.41, 5.74) is 1.87. The minimum absolute atomic E-state index is 0.175. The zero-order valence-electron chi connectivity index (χ0n) is 12.1. The van der Waals surface area contributed by atoms with Gasteiger partial charge in [-0.15, -0.1) is 0 Å². The van der Waals surface area contributed by atoms with E-state index in [1.54, 1.807) is 28.8 Å². The molecule has 0 amide bonds. The van der Waals surface area contributed by atoms with Crippen molar-refractivity contribution in [2.75, 3.05) is 0 Å². The van der Waals surface area contributed by atoms with E-state index in [2.05, 4.69) is 4.98 Å². The lowest BCUT2D eigenvalue weighted by molar-refractivity contribution is 0.0697. The highest BCUT2D eigenvalue weighted by Gasteiger charge is 2.16. The van der Waals surface area contributed by atoms with Crippen LogP contribution in [0.5, 0.6) is 0 Å². The Balaban J connectivity index is 2.29. The minimum Gasteiger partial charge on any atom is -0.478 e. The quantitative estimate of drug-likeness (QED) is 0.796. The van der Waals surface area contributed by atoms with Crippen LogP contribution in [0, 0.1) is 5.82 Å². The van der Waals surface area contributed by atoms with Crippen molar-refractivity contribution in [1.29, 1.82) is 0 Å². The molecule has 0 saturated carbocycles. The van der Waals surface area contributed by atoms with E-state index in [4.69, 9.17) is 5.11 Å². The first-order chi connectivity index (χ1) is 10.6. The number of fused-ring (bicyclic) bond motifs is 1. The maximum atomic E-state index is 14.2. The van der Waals surface area contributed by atoms with Gasteiger partial charge in [0.1, 0.15) is 11.6 Å². The van der Waals surface area contributed by atoms with Crippen LogP contribution in [0.2, 0.25) is 0 Å². The third-order valence-electron chi connectivity index (χ3n) is 3.54.